The lowest BCUT2D eigenvalue weighted by Crippen LogP contribution is -2.13. The molecule has 0 unspecified atom stereocenters. The normalized spacial score (nSPS) is 10.4. The number of benzene rings is 3. The Balaban J connectivity index is 2.04. The monoisotopic (exact) mass is 291 g/mol. The molecule has 3 heteroatoms. The van der Waals surface area contributed by atoms with Crippen molar-refractivity contribution in [1.29, 1.82) is 0 Å². The van der Waals surface area contributed by atoms with Crippen LogP contribution in [0.2, 0.25) is 0 Å². The van der Waals surface area contributed by atoms with Crippen molar-refractivity contribution >= 4 is 22.4 Å². The highest BCUT2D eigenvalue weighted by molar-refractivity contribution is 6.10. The van der Waals surface area contributed by atoms with E-state index >= 15 is 0 Å². The lowest BCUT2D eigenvalue weighted by atomic mass is 10.1. The molecule has 1 amide bonds. The van der Waals surface area contributed by atoms with Crippen LogP contribution in [-0.4, -0.2) is 12.5 Å². The number of anilines is 1. The first-order valence-electron chi connectivity index (χ1n) is 7.30. The fourth-order valence-corrected chi connectivity index (χ4v) is 2.43. The van der Waals surface area contributed by atoms with Crippen LogP contribution in [0.3, 0.4) is 0 Å². The second kappa shape index (κ2) is 6.31. The minimum atomic E-state index is -0.141. The topological polar surface area (TPSA) is 38.3 Å². The van der Waals surface area contributed by atoms with Gasteiger partial charge in [-0.05, 0) is 30.5 Å². The van der Waals surface area contributed by atoms with Gasteiger partial charge in [0.25, 0.3) is 5.91 Å². The Morgan fingerprint density at radius 2 is 1.68 bits per heavy atom. The van der Waals surface area contributed by atoms with Gasteiger partial charge in [-0.3, -0.25) is 4.79 Å². The molecule has 0 radical (unpaired) electrons. The molecular weight excluding hydrogens is 274 g/mol. The number of hydrogen-bond donors (Lipinski definition) is 1. The van der Waals surface area contributed by atoms with E-state index in [4.69, 9.17) is 4.74 Å². The molecule has 3 rings (SSSR count). The Hall–Kier alpha value is -2.81. The summed E-state index contributed by atoms with van der Waals surface area (Å²) in [7, 11) is 0. The summed E-state index contributed by atoms with van der Waals surface area (Å²) in [5.41, 5.74) is 1.34. The molecule has 22 heavy (non-hydrogen) atoms. The van der Waals surface area contributed by atoms with E-state index in [-0.39, 0.29) is 5.91 Å². The molecule has 0 fully saturated rings. The summed E-state index contributed by atoms with van der Waals surface area (Å²) in [4.78, 5) is 12.4. The number of carbonyl (C=O) groups is 1. The molecule has 0 aliphatic heterocycles. The van der Waals surface area contributed by atoms with E-state index in [1.54, 1.807) is 12.1 Å². The van der Waals surface area contributed by atoms with Gasteiger partial charge in [0.05, 0.1) is 12.3 Å². The van der Waals surface area contributed by atoms with Crippen molar-refractivity contribution in [3.05, 3.63) is 72.3 Å². The molecule has 3 aromatic carbocycles. The molecule has 0 saturated heterocycles. The van der Waals surface area contributed by atoms with Crippen molar-refractivity contribution in [2.45, 2.75) is 6.92 Å². The molecule has 3 nitrogen and oxygen atoms in total. The highest BCUT2D eigenvalue weighted by atomic mass is 16.5. The number of carbonyl (C=O) groups excluding carboxylic acids is 1. The zero-order valence-corrected chi connectivity index (χ0v) is 12.4. The Morgan fingerprint density at radius 3 is 2.45 bits per heavy atom. The first kappa shape index (κ1) is 14.1. The van der Waals surface area contributed by atoms with Crippen LogP contribution in [0.5, 0.6) is 5.75 Å². The fourth-order valence-electron chi connectivity index (χ4n) is 2.43. The van der Waals surface area contributed by atoms with Crippen LogP contribution in [0.25, 0.3) is 10.8 Å². The maximum atomic E-state index is 12.4. The summed E-state index contributed by atoms with van der Waals surface area (Å²) >= 11 is 0. The predicted molar refractivity (Wildman–Crippen MR) is 89.5 cm³/mol. The first-order chi connectivity index (χ1) is 10.8. The average molecular weight is 291 g/mol. The predicted octanol–water partition coefficient (Wildman–Crippen LogP) is 4.49. The minimum Gasteiger partial charge on any atom is -0.492 e. The Kier molecular flexibility index (Phi) is 4.05. The molecule has 0 bridgehead atoms. The number of rotatable bonds is 4. The molecule has 1 N–H and O–H groups in total. The van der Waals surface area contributed by atoms with E-state index < -0.39 is 0 Å². The number of amides is 1. The Bertz CT molecular complexity index is 797. The van der Waals surface area contributed by atoms with Gasteiger partial charge in [0.15, 0.2) is 0 Å². The largest absolute Gasteiger partial charge is 0.492 e. The van der Waals surface area contributed by atoms with Crippen molar-refractivity contribution in [1.82, 2.24) is 0 Å². The van der Waals surface area contributed by atoms with Gasteiger partial charge in [0.2, 0.25) is 0 Å². The zero-order chi connectivity index (χ0) is 15.4. The number of hydrogen-bond acceptors (Lipinski definition) is 2. The standard InChI is InChI=1S/C19H17NO2/c1-2-22-17-13-12-14-8-6-7-11-16(14)18(17)20-19(21)15-9-4-3-5-10-15/h3-13H,2H2,1H3,(H,20,21). The second-order valence-corrected chi connectivity index (χ2v) is 4.91. The van der Waals surface area contributed by atoms with Crippen LogP contribution in [0, 0.1) is 0 Å². The van der Waals surface area contributed by atoms with E-state index in [9.17, 15) is 4.79 Å². The Morgan fingerprint density at radius 1 is 0.955 bits per heavy atom. The molecule has 0 heterocycles. The molecule has 0 saturated carbocycles. The lowest BCUT2D eigenvalue weighted by molar-refractivity contribution is 0.102. The molecular formula is C19H17NO2. The Labute approximate surface area is 129 Å². The third kappa shape index (κ3) is 2.79. The van der Waals surface area contributed by atoms with Gasteiger partial charge >= 0.3 is 0 Å². The summed E-state index contributed by atoms with van der Waals surface area (Å²) in [6.45, 7) is 2.48. The number of ether oxygens (including phenoxy) is 1. The van der Waals surface area contributed by atoms with Crippen molar-refractivity contribution in [3.63, 3.8) is 0 Å². The lowest BCUT2D eigenvalue weighted by Gasteiger charge is -2.14. The molecule has 0 spiro atoms. The third-order valence-corrected chi connectivity index (χ3v) is 3.47. The molecule has 0 aromatic heterocycles. The molecule has 3 aromatic rings. The summed E-state index contributed by atoms with van der Waals surface area (Å²) < 4.78 is 5.67. The van der Waals surface area contributed by atoms with Crippen molar-refractivity contribution in [2.24, 2.45) is 0 Å². The van der Waals surface area contributed by atoms with Crippen LogP contribution < -0.4 is 10.1 Å². The van der Waals surface area contributed by atoms with Crippen molar-refractivity contribution in [2.75, 3.05) is 11.9 Å². The minimum absolute atomic E-state index is 0.141. The van der Waals surface area contributed by atoms with Crippen LogP contribution in [-0.2, 0) is 0 Å². The third-order valence-electron chi connectivity index (χ3n) is 3.47. The van der Waals surface area contributed by atoms with Crippen LogP contribution >= 0.6 is 0 Å². The van der Waals surface area contributed by atoms with Gasteiger partial charge in [-0.25, -0.2) is 0 Å². The number of fused-ring (bicyclic) bond motifs is 1. The van der Waals surface area contributed by atoms with Crippen molar-refractivity contribution in [3.8, 4) is 5.75 Å². The summed E-state index contributed by atoms with van der Waals surface area (Å²) in [5.74, 6) is 0.545. The van der Waals surface area contributed by atoms with Crippen LogP contribution in [0.4, 0.5) is 5.69 Å². The van der Waals surface area contributed by atoms with Gasteiger partial charge in [-0.15, -0.1) is 0 Å². The first-order valence-corrected chi connectivity index (χ1v) is 7.30. The van der Waals surface area contributed by atoms with Crippen LogP contribution in [0.1, 0.15) is 17.3 Å². The SMILES string of the molecule is CCOc1ccc2ccccc2c1NC(=O)c1ccccc1. The van der Waals surface area contributed by atoms with E-state index in [1.165, 1.54) is 0 Å². The van der Waals surface area contributed by atoms with Gasteiger partial charge in [-0.1, -0.05) is 48.5 Å². The maximum Gasteiger partial charge on any atom is 0.255 e. The van der Waals surface area contributed by atoms with Gasteiger partial charge in [0.1, 0.15) is 5.75 Å². The molecule has 0 aliphatic rings. The molecule has 110 valence electrons. The van der Waals surface area contributed by atoms with Gasteiger partial charge < -0.3 is 10.1 Å². The van der Waals surface area contributed by atoms with E-state index in [0.29, 0.717) is 23.6 Å². The van der Waals surface area contributed by atoms with Crippen LogP contribution in [0.15, 0.2) is 66.7 Å². The zero-order valence-electron chi connectivity index (χ0n) is 12.4. The average Bonchev–Trinajstić information content (AvgIpc) is 2.58. The summed E-state index contributed by atoms with van der Waals surface area (Å²) in [5, 5.41) is 5.02. The maximum absolute atomic E-state index is 12.4. The quantitative estimate of drug-likeness (QED) is 0.769. The molecule has 0 atom stereocenters. The van der Waals surface area contributed by atoms with E-state index in [1.807, 2.05) is 61.5 Å². The van der Waals surface area contributed by atoms with Gasteiger partial charge in [-0.2, -0.15) is 0 Å². The smallest absolute Gasteiger partial charge is 0.255 e. The fraction of sp³-hybridized carbons (Fsp3) is 0.105. The second-order valence-electron chi connectivity index (χ2n) is 4.91. The van der Waals surface area contributed by atoms with Crippen molar-refractivity contribution < 1.29 is 9.53 Å². The highest BCUT2D eigenvalue weighted by Gasteiger charge is 2.13. The number of nitrogens with one attached hydrogen (secondary N) is 1. The van der Waals surface area contributed by atoms with Gasteiger partial charge in [0, 0.05) is 10.9 Å². The summed E-state index contributed by atoms with van der Waals surface area (Å²) in [6, 6.07) is 21.0. The van der Waals surface area contributed by atoms with E-state index in [2.05, 4.69) is 5.32 Å². The molecule has 0 aliphatic carbocycles. The van der Waals surface area contributed by atoms with E-state index in [0.717, 1.165) is 10.8 Å². The highest BCUT2D eigenvalue weighted by Crippen LogP contribution is 2.33. The summed E-state index contributed by atoms with van der Waals surface area (Å²) in [6.07, 6.45) is 0.